The number of amides is 1. The first-order chi connectivity index (χ1) is 9.52. The van der Waals surface area contributed by atoms with Crippen molar-refractivity contribution in [2.24, 2.45) is 0 Å². The van der Waals surface area contributed by atoms with E-state index in [0.717, 1.165) is 31.2 Å². The van der Waals surface area contributed by atoms with Crippen LogP contribution in [0.25, 0.3) is 0 Å². The van der Waals surface area contributed by atoms with Crippen molar-refractivity contribution in [3.63, 3.8) is 0 Å². The molecule has 1 fully saturated rings. The van der Waals surface area contributed by atoms with Crippen molar-refractivity contribution in [1.29, 1.82) is 0 Å². The molecule has 0 bridgehead atoms. The molecule has 1 saturated heterocycles. The van der Waals surface area contributed by atoms with Gasteiger partial charge in [-0.05, 0) is 19.0 Å². The summed E-state index contributed by atoms with van der Waals surface area (Å²) in [6, 6.07) is 1.94. The fourth-order valence-electron chi connectivity index (χ4n) is 2.43. The zero-order chi connectivity index (χ0) is 14.7. The van der Waals surface area contributed by atoms with E-state index in [-0.39, 0.29) is 5.91 Å². The summed E-state index contributed by atoms with van der Waals surface area (Å²) < 4.78 is 0. The smallest absolute Gasteiger partial charge is 0.265 e. The predicted octanol–water partition coefficient (Wildman–Crippen LogP) is 1.56. The Labute approximate surface area is 124 Å². The van der Waals surface area contributed by atoms with Gasteiger partial charge in [-0.3, -0.25) is 9.69 Å². The number of carbonyl (C=O) groups is 1. The number of hydrogen-bond acceptors (Lipinski definition) is 5. The Balaban J connectivity index is 2.04. The van der Waals surface area contributed by atoms with Crippen LogP contribution in [-0.4, -0.2) is 62.5 Å². The van der Waals surface area contributed by atoms with Gasteiger partial charge in [-0.1, -0.05) is 6.92 Å². The van der Waals surface area contributed by atoms with Gasteiger partial charge in [0.05, 0.1) is 10.7 Å². The number of piperazine rings is 1. The molecule has 1 aromatic heterocycles. The van der Waals surface area contributed by atoms with Gasteiger partial charge in [-0.15, -0.1) is 11.3 Å². The van der Waals surface area contributed by atoms with Gasteiger partial charge in [0.2, 0.25) is 0 Å². The van der Waals surface area contributed by atoms with Crippen LogP contribution in [0.15, 0.2) is 6.07 Å². The summed E-state index contributed by atoms with van der Waals surface area (Å²) >= 11 is 1.51. The highest BCUT2D eigenvalue weighted by molar-refractivity contribution is 7.18. The monoisotopic (exact) mass is 296 g/mol. The average Bonchev–Trinajstić information content (AvgIpc) is 2.81. The normalized spacial score (nSPS) is 16.4. The van der Waals surface area contributed by atoms with E-state index in [0.29, 0.717) is 10.6 Å². The SMILES string of the molecule is CCCN1CCN(c2cc(N)c(C(=O)N(C)C)s2)CC1. The molecule has 0 unspecified atom stereocenters. The fraction of sp³-hybridized carbons (Fsp3) is 0.643. The zero-order valence-corrected chi connectivity index (χ0v) is 13.4. The minimum absolute atomic E-state index is 0.0108. The van der Waals surface area contributed by atoms with Crippen LogP contribution >= 0.6 is 11.3 Å². The van der Waals surface area contributed by atoms with E-state index in [9.17, 15) is 4.79 Å². The predicted molar refractivity (Wildman–Crippen MR) is 85.7 cm³/mol. The number of nitrogen functional groups attached to an aromatic ring is 1. The third kappa shape index (κ3) is 3.24. The molecular weight excluding hydrogens is 272 g/mol. The first-order valence-corrected chi connectivity index (χ1v) is 7.92. The third-order valence-electron chi connectivity index (χ3n) is 3.57. The quantitative estimate of drug-likeness (QED) is 0.916. The van der Waals surface area contributed by atoms with Gasteiger partial charge in [-0.2, -0.15) is 0 Å². The Morgan fingerprint density at radius 3 is 2.55 bits per heavy atom. The Morgan fingerprint density at radius 2 is 2.00 bits per heavy atom. The van der Waals surface area contributed by atoms with Gasteiger partial charge in [-0.25, -0.2) is 0 Å². The van der Waals surface area contributed by atoms with Crippen LogP contribution in [0.1, 0.15) is 23.0 Å². The highest BCUT2D eigenvalue weighted by Crippen LogP contribution is 2.33. The Bertz CT molecular complexity index is 464. The lowest BCUT2D eigenvalue weighted by molar-refractivity contribution is 0.0833. The molecule has 0 aliphatic carbocycles. The van der Waals surface area contributed by atoms with Gasteiger partial charge >= 0.3 is 0 Å². The summed E-state index contributed by atoms with van der Waals surface area (Å²) in [6.07, 6.45) is 1.20. The van der Waals surface area contributed by atoms with E-state index < -0.39 is 0 Å². The number of hydrogen-bond donors (Lipinski definition) is 1. The van der Waals surface area contributed by atoms with Gasteiger partial charge in [0.25, 0.3) is 5.91 Å². The summed E-state index contributed by atoms with van der Waals surface area (Å²) in [5.41, 5.74) is 6.58. The molecule has 2 N–H and O–H groups in total. The van der Waals surface area contributed by atoms with Crippen LogP contribution in [0.2, 0.25) is 0 Å². The number of thiophene rings is 1. The molecule has 6 heteroatoms. The van der Waals surface area contributed by atoms with Crippen molar-refractivity contribution in [2.75, 3.05) is 57.5 Å². The van der Waals surface area contributed by atoms with Crippen molar-refractivity contribution >= 4 is 27.9 Å². The van der Waals surface area contributed by atoms with Crippen molar-refractivity contribution in [1.82, 2.24) is 9.80 Å². The van der Waals surface area contributed by atoms with Crippen molar-refractivity contribution in [3.8, 4) is 0 Å². The molecule has 1 aromatic rings. The highest BCUT2D eigenvalue weighted by atomic mass is 32.1. The first kappa shape index (κ1) is 15.1. The van der Waals surface area contributed by atoms with Crippen molar-refractivity contribution in [2.45, 2.75) is 13.3 Å². The van der Waals surface area contributed by atoms with E-state index in [2.05, 4.69) is 16.7 Å². The number of carbonyl (C=O) groups excluding carboxylic acids is 1. The lowest BCUT2D eigenvalue weighted by Gasteiger charge is -2.35. The number of nitrogens with zero attached hydrogens (tertiary/aromatic N) is 3. The largest absolute Gasteiger partial charge is 0.397 e. The molecule has 20 heavy (non-hydrogen) atoms. The minimum atomic E-state index is -0.0108. The molecule has 2 heterocycles. The standard InChI is InChI=1S/C14H24N4OS/c1-4-5-17-6-8-18(9-7-17)12-10-11(15)13(20-12)14(19)16(2)3/h10H,4-9,15H2,1-3H3. The van der Waals surface area contributed by atoms with E-state index in [1.807, 2.05) is 6.07 Å². The third-order valence-corrected chi connectivity index (χ3v) is 4.77. The Kier molecular flexibility index (Phi) is 4.88. The van der Waals surface area contributed by atoms with Crippen LogP contribution in [-0.2, 0) is 0 Å². The molecule has 0 saturated carbocycles. The molecule has 0 radical (unpaired) electrons. The second kappa shape index (κ2) is 6.45. The van der Waals surface area contributed by atoms with Crippen molar-refractivity contribution < 1.29 is 4.79 Å². The Hall–Kier alpha value is -1.27. The lowest BCUT2D eigenvalue weighted by Crippen LogP contribution is -2.46. The van der Waals surface area contributed by atoms with Crippen molar-refractivity contribution in [3.05, 3.63) is 10.9 Å². The minimum Gasteiger partial charge on any atom is -0.397 e. The van der Waals surface area contributed by atoms with E-state index in [4.69, 9.17) is 5.73 Å². The molecule has 1 aliphatic rings. The number of anilines is 2. The van der Waals surface area contributed by atoms with Crippen LogP contribution < -0.4 is 10.6 Å². The summed E-state index contributed by atoms with van der Waals surface area (Å²) in [5, 5.41) is 1.11. The molecule has 0 spiro atoms. The highest BCUT2D eigenvalue weighted by Gasteiger charge is 2.22. The summed E-state index contributed by atoms with van der Waals surface area (Å²) in [4.78, 5) is 19.1. The fourth-order valence-corrected chi connectivity index (χ4v) is 3.58. The Morgan fingerprint density at radius 1 is 1.35 bits per heavy atom. The molecule has 5 nitrogen and oxygen atoms in total. The number of rotatable bonds is 4. The summed E-state index contributed by atoms with van der Waals surface area (Å²) in [7, 11) is 3.51. The molecule has 0 aromatic carbocycles. The molecule has 1 amide bonds. The lowest BCUT2D eigenvalue weighted by atomic mass is 10.3. The first-order valence-electron chi connectivity index (χ1n) is 7.11. The zero-order valence-electron chi connectivity index (χ0n) is 12.6. The molecule has 112 valence electrons. The van der Waals surface area contributed by atoms with Crippen LogP contribution in [0, 0.1) is 0 Å². The molecule has 1 aliphatic heterocycles. The van der Waals surface area contributed by atoms with Gasteiger partial charge in [0, 0.05) is 40.3 Å². The topological polar surface area (TPSA) is 52.8 Å². The maximum absolute atomic E-state index is 12.0. The second-order valence-corrected chi connectivity index (χ2v) is 6.43. The maximum Gasteiger partial charge on any atom is 0.265 e. The van der Waals surface area contributed by atoms with Crippen LogP contribution in [0.5, 0.6) is 0 Å². The molecule has 0 atom stereocenters. The number of nitrogens with two attached hydrogens (primary N) is 1. The summed E-state index contributed by atoms with van der Waals surface area (Å²) in [6.45, 7) is 7.58. The van der Waals surface area contributed by atoms with E-state index in [1.165, 1.54) is 24.3 Å². The van der Waals surface area contributed by atoms with E-state index >= 15 is 0 Å². The maximum atomic E-state index is 12.0. The summed E-state index contributed by atoms with van der Waals surface area (Å²) in [5.74, 6) is -0.0108. The molecule has 2 rings (SSSR count). The molecular formula is C14H24N4OS. The van der Waals surface area contributed by atoms with Gasteiger partial charge in [0.1, 0.15) is 4.88 Å². The van der Waals surface area contributed by atoms with Crippen LogP contribution in [0.3, 0.4) is 0 Å². The second-order valence-electron chi connectivity index (χ2n) is 5.40. The van der Waals surface area contributed by atoms with E-state index in [1.54, 1.807) is 19.0 Å². The van der Waals surface area contributed by atoms with Gasteiger partial charge in [0.15, 0.2) is 0 Å². The van der Waals surface area contributed by atoms with Gasteiger partial charge < -0.3 is 15.5 Å². The van der Waals surface area contributed by atoms with Crippen LogP contribution in [0.4, 0.5) is 10.7 Å². The average molecular weight is 296 g/mol.